The molecule has 19 heavy (non-hydrogen) atoms. The van der Waals surface area contributed by atoms with Crippen molar-refractivity contribution in [2.75, 3.05) is 18.5 Å². The van der Waals surface area contributed by atoms with E-state index in [9.17, 15) is 0 Å². The largest absolute Gasteiger partial charge is 0.469 e. The van der Waals surface area contributed by atoms with Gasteiger partial charge in [-0.2, -0.15) is 0 Å². The van der Waals surface area contributed by atoms with Crippen LogP contribution >= 0.6 is 11.6 Å². The second-order valence-electron chi connectivity index (χ2n) is 4.67. The number of hydrogen-bond acceptors (Lipinski definition) is 3. The molecule has 2 N–H and O–H groups in total. The van der Waals surface area contributed by atoms with Crippen molar-refractivity contribution in [1.82, 2.24) is 0 Å². The Morgan fingerprint density at radius 3 is 2.68 bits per heavy atom. The first-order chi connectivity index (χ1) is 9.11. The number of nitrogens with two attached hydrogens (primary N) is 1. The molecule has 1 aromatic heterocycles. The summed E-state index contributed by atoms with van der Waals surface area (Å²) in [5.74, 6) is 0.959. The van der Waals surface area contributed by atoms with Crippen molar-refractivity contribution < 1.29 is 4.42 Å². The van der Waals surface area contributed by atoms with Crippen LogP contribution in [0, 0.1) is 6.92 Å². The minimum Gasteiger partial charge on any atom is -0.469 e. The van der Waals surface area contributed by atoms with Gasteiger partial charge in [-0.25, -0.2) is 0 Å². The molecule has 0 saturated carbocycles. The summed E-state index contributed by atoms with van der Waals surface area (Å²) in [4.78, 5) is 2.19. The summed E-state index contributed by atoms with van der Waals surface area (Å²) >= 11 is 6.05. The van der Waals surface area contributed by atoms with Gasteiger partial charge in [0.05, 0.1) is 6.26 Å². The summed E-state index contributed by atoms with van der Waals surface area (Å²) in [5, 5.41) is 0.750. The van der Waals surface area contributed by atoms with E-state index >= 15 is 0 Å². The van der Waals surface area contributed by atoms with E-state index in [0.29, 0.717) is 6.54 Å². The summed E-state index contributed by atoms with van der Waals surface area (Å²) in [6, 6.07) is 7.95. The Bertz CT molecular complexity index is 551. The van der Waals surface area contributed by atoms with Gasteiger partial charge in [-0.3, -0.25) is 0 Å². The zero-order valence-electron chi connectivity index (χ0n) is 11.3. The number of anilines is 1. The first kappa shape index (κ1) is 14.0. The zero-order valence-corrected chi connectivity index (χ0v) is 12.1. The van der Waals surface area contributed by atoms with Gasteiger partial charge in [0.25, 0.3) is 0 Å². The van der Waals surface area contributed by atoms with Crippen LogP contribution in [0.4, 0.5) is 5.69 Å². The lowest BCUT2D eigenvalue weighted by atomic mass is 10.1. The van der Waals surface area contributed by atoms with Crippen molar-refractivity contribution in [2.45, 2.75) is 19.9 Å². The zero-order chi connectivity index (χ0) is 13.8. The van der Waals surface area contributed by atoms with E-state index in [0.717, 1.165) is 29.4 Å². The third kappa shape index (κ3) is 3.31. The summed E-state index contributed by atoms with van der Waals surface area (Å²) in [5.41, 5.74) is 9.20. The Kier molecular flexibility index (Phi) is 4.51. The minimum absolute atomic E-state index is 0.617. The second-order valence-corrected chi connectivity index (χ2v) is 5.11. The van der Waals surface area contributed by atoms with Crippen LogP contribution in [0.1, 0.15) is 16.9 Å². The molecule has 0 atom stereocenters. The van der Waals surface area contributed by atoms with E-state index in [1.807, 2.05) is 31.2 Å². The molecule has 2 rings (SSSR count). The lowest BCUT2D eigenvalue weighted by Gasteiger charge is -2.22. The van der Waals surface area contributed by atoms with Crippen LogP contribution in [0.5, 0.6) is 0 Å². The molecule has 4 heteroatoms. The van der Waals surface area contributed by atoms with Crippen molar-refractivity contribution in [1.29, 1.82) is 0 Å². The fourth-order valence-corrected chi connectivity index (χ4v) is 2.39. The number of benzene rings is 1. The van der Waals surface area contributed by atoms with E-state index in [-0.39, 0.29) is 0 Å². The highest BCUT2D eigenvalue weighted by Crippen LogP contribution is 2.25. The van der Waals surface area contributed by atoms with E-state index in [1.54, 1.807) is 6.26 Å². The maximum absolute atomic E-state index is 6.05. The number of halogens is 1. The van der Waals surface area contributed by atoms with Gasteiger partial charge in [-0.1, -0.05) is 11.6 Å². The van der Waals surface area contributed by atoms with Crippen molar-refractivity contribution in [2.24, 2.45) is 5.73 Å². The SMILES string of the molecule is Cc1occc1CN(C)c1ccc(Cl)cc1CCN. The van der Waals surface area contributed by atoms with Gasteiger partial charge in [0.15, 0.2) is 0 Å². The Morgan fingerprint density at radius 2 is 2.05 bits per heavy atom. The molecule has 0 saturated heterocycles. The molecule has 0 fully saturated rings. The first-order valence-electron chi connectivity index (χ1n) is 6.34. The highest BCUT2D eigenvalue weighted by molar-refractivity contribution is 6.30. The van der Waals surface area contributed by atoms with Gasteiger partial charge in [-0.15, -0.1) is 0 Å². The van der Waals surface area contributed by atoms with Gasteiger partial charge in [0.2, 0.25) is 0 Å². The van der Waals surface area contributed by atoms with Crippen molar-refractivity contribution in [3.63, 3.8) is 0 Å². The van der Waals surface area contributed by atoms with E-state index < -0.39 is 0 Å². The van der Waals surface area contributed by atoms with Crippen LogP contribution in [0.2, 0.25) is 5.02 Å². The quantitative estimate of drug-likeness (QED) is 0.912. The molecule has 0 aliphatic rings. The smallest absolute Gasteiger partial charge is 0.105 e. The molecule has 0 spiro atoms. The van der Waals surface area contributed by atoms with Crippen molar-refractivity contribution in [3.05, 3.63) is 52.4 Å². The summed E-state index contributed by atoms with van der Waals surface area (Å²) in [6.07, 6.45) is 2.55. The van der Waals surface area contributed by atoms with Crippen LogP contribution < -0.4 is 10.6 Å². The van der Waals surface area contributed by atoms with Crippen molar-refractivity contribution >= 4 is 17.3 Å². The van der Waals surface area contributed by atoms with E-state index in [1.165, 1.54) is 11.1 Å². The summed E-state index contributed by atoms with van der Waals surface area (Å²) in [7, 11) is 2.07. The highest BCUT2D eigenvalue weighted by Gasteiger charge is 2.10. The highest BCUT2D eigenvalue weighted by atomic mass is 35.5. The molecule has 1 aromatic carbocycles. The Hall–Kier alpha value is -1.45. The van der Waals surface area contributed by atoms with Crippen LogP contribution in [0.15, 0.2) is 34.9 Å². The Balaban J connectivity index is 2.23. The molecular formula is C15H19ClN2O. The Labute approximate surface area is 119 Å². The number of rotatable bonds is 5. The van der Waals surface area contributed by atoms with Crippen molar-refractivity contribution in [3.8, 4) is 0 Å². The molecule has 0 amide bonds. The second kappa shape index (κ2) is 6.13. The van der Waals surface area contributed by atoms with Crippen LogP contribution in [-0.4, -0.2) is 13.6 Å². The average Bonchev–Trinajstić information content (AvgIpc) is 2.75. The van der Waals surface area contributed by atoms with E-state index in [2.05, 4.69) is 11.9 Å². The molecule has 3 nitrogen and oxygen atoms in total. The van der Waals surface area contributed by atoms with Gasteiger partial charge in [0, 0.05) is 29.9 Å². The lowest BCUT2D eigenvalue weighted by molar-refractivity contribution is 0.529. The molecule has 0 bridgehead atoms. The third-order valence-electron chi connectivity index (χ3n) is 3.24. The fourth-order valence-electron chi connectivity index (χ4n) is 2.20. The lowest BCUT2D eigenvalue weighted by Crippen LogP contribution is -2.19. The maximum atomic E-state index is 6.05. The topological polar surface area (TPSA) is 42.4 Å². The molecular weight excluding hydrogens is 260 g/mol. The predicted molar refractivity (Wildman–Crippen MR) is 79.8 cm³/mol. The molecule has 0 aliphatic carbocycles. The van der Waals surface area contributed by atoms with E-state index in [4.69, 9.17) is 21.8 Å². The first-order valence-corrected chi connectivity index (χ1v) is 6.72. The number of nitrogens with zero attached hydrogens (tertiary/aromatic N) is 1. The van der Waals surface area contributed by atoms with Crippen LogP contribution in [0.3, 0.4) is 0 Å². The molecule has 102 valence electrons. The average molecular weight is 279 g/mol. The molecule has 0 unspecified atom stereocenters. The monoisotopic (exact) mass is 278 g/mol. The van der Waals surface area contributed by atoms with Gasteiger partial charge in [-0.05, 0) is 49.7 Å². The Morgan fingerprint density at radius 1 is 1.26 bits per heavy atom. The maximum Gasteiger partial charge on any atom is 0.105 e. The number of hydrogen-bond donors (Lipinski definition) is 1. The van der Waals surface area contributed by atoms with Gasteiger partial charge < -0.3 is 15.1 Å². The molecule has 0 radical (unpaired) electrons. The summed E-state index contributed by atoms with van der Waals surface area (Å²) < 4.78 is 5.33. The normalized spacial score (nSPS) is 10.7. The van der Waals surface area contributed by atoms with Gasteiger partial charge in [0.1, 0.15) is 5.76 Å². The molecule has 2 aromatic rings. The number of aryl methyl sites for hydroxylation is 1. The van der Waals surface area contributed by atoms with Crippen LogP contribution in [0.25, 0.3) is 0 Å². The van der Waals surface area contributed by atoms with Gasteiger partial charge >= 0.3 is 0 Å². The standard InChI is InChI=1S/C15H19ClN2O/c1-11-13(6-8-19-11)10-18(2)15-4-3-14(16)9-12(15)5-7-17/h3-4,6,8-9H,5,7,10,17H2,1-2H3. The molecule has 0 aliphatic heterocycles. The number of furan rings is 1. The molecule has 1 heterocycles. The fraction of sp³-hybridized carbons (Fsp3) is 0.333. The predicted octanol–water partition coefficient (Wildman–Crippen LogP) is 3.38. The minimum atomic E-state index is 0.617. The summed E-state index contributed by atoms with van der Waals surface area (Å²) in [6.45, 7) is 3.40. The van der Waals surface area contributed by atoms with Crippen LogP contribution in [-0.2, 0) is 13.0 Å². The third-order valence-corrected chi connectivity index (χ3v) is 3.48.